The van der Waals surface area contributed by atoms with Crippen LogP contribution >= 0.6 is 0 Å². The summed E-state index contributed by atoms with van der Waals surface area (Å²) in [6, 6.07) is 10.5. The maximum atomic E-state index is 11.6. The van der Waals surface area contributed by atoms with E-state index in [1.54, 1.807) is 0 Å². The van der Waals surface area contributed by atoms with Gasteiger partial charge in [0.1, 0.15) is 0 Å². The van der Waals surface area contributed by atoms with Crippen molar-refractivity contribution < 1.29 is 4.79 Å². The molecule has 4 heteroatoms. The molecule has 1 aromatic rings. The summed E-state index contributed by atoms with van der Waals surface area (Å²) in [4.78, 5) is 13.7. The standard InChI is InChI=1S/C15H25N3O/c1-4-13(2)17-12-15(19)16-10-11-18(3)14-8-6-5-7-9-14/h5-9,13,17H,4,10-12H2,1-3H3,(H,16,19). The molecule has 0 radical (unpaired) electrons. The number of hydrogen-bond donors (Lipinski definition) is 2. The largest absolute Gasteiger partial charge is 0.373 e. The van der Waals surface area contributed by atoms with Gasteiger partial charge in [-0.2, -0.15) is 0 Å². The minimum atomic E-state index is 0.0572. The number of hydrogen-bond acceptors (Lipinski definition) is 3. The number of carbonyl (C=O) groups excluding carboxylic acids is 1. The summed E-state index contributed by atoms with van der Waals surface area (Å²) in [5, 5.41) is 6.10. The lowest BCUT2D eigenvalue weighted by Gasteiger charge is -2.19. The third kappa shape index (κ3) is 6.25. The fourth-order valence-corrected chi connectivity index (χ4v) is 1.65. The highest BCUT2D eigenvalue weighted by atomic mass is 16.1. The Morgan fingerprint density at radius 2 is 2.00 bits per heavy atom. The Labute approximate surface area is 116 Å². The number of nitrogens with zero attached hydrogens (tertiary/aromatic N) is 1. The van der Waals surface area contributed by atoms with Crippen molar-refractivity contribution in [2.75, 3.05) is 31.6 Å². The van der Waals surface area contributed by atoms with E-state index in [0.717, 1.165) is 18.7 Å². The zero-order valence-corrected chi connectivity index (χ0v) is 12.1. The van der Waals surface area contributed by atoms with Gasteiger partial charge in [-0.25, -0.2) is 0 Å². The summed E-state index contributed by atoms with van der Waals surface area (Å²) in [5.74, 6) is 0.0572. The molecular weight excluding hydrogens is 238 g/mol. The van der Waals surface area contributed by atoms with Crippen LogP contribution in [0.3, 0.4) is 0 Å². The van der Waals surface area contributed by atoms with Crippen LogP contribution in [0.4, 0.5) is 5.69 Å². The molecule has 0 saturated carbocycles. The summed E-state index contributed by atoms with van der Waals surface area (Å²) in [5.41, 5.74) is 1.16. The van der Waals surface area contributed by atoms with Crippen molar-refractivity contribution in [2.45, 2.75) is 26.3 Å². The smallest absolute Gasteiger partial charge is 0.234 e. The topological polar surface area (TPSA) is 44.4 Å². The third-order valence-electron chi connectivity index (χ3n) is 3.19. The Hall–Kier alpha value is -1.55. The van der Waals surface area contributed by atoms with E-state index in [2.05, 4.69) is 41.5 Å². The Morgan fingerprint density at radius 1 is 1.32 bits per heavy atom. The maximum absolute atomic E-state index is 11.6. The zero-order valence-electron chi connectivity index (χ0n) is 12.1. The van der Waals surface area contributed by atoms with Crippen LogP contribution in [0.5, 0.6) is 0 Å². The van der Waals surface area contributed by atoms with E-state index in [1.165, 1.54) is 0 Å². The van der Waals surface area contributed by atoms with Crippen molar-refractivity contribution in [1.82, 2.24) is 10.6 Å². The number of benzene rings is 1. The van der Waals surface area contributed by atoms with E-state index in [9.17, 15) is 4.79 Å². The second-order valence-corrected chi connectivity index (χ2v) is 4.80. The molecule has 0 fully saturated rings. The van der Waals surface area contributed by atoms with Crippen molar-refractivity contribution in [3.63, 3.8) is 0 Å². The fourth-order valence-electron chi connectivity index (χ4n) is 1.65. The van der Waals surface area contributed by atoms with Crippen LogP contribution in [0.15, 0.2) is 30.3 Å². The van der Waals surface area contributed by atoms with Gasteiger partial charge in [0.05, 0.1) is 6.54 Å². The van der Waals surface area contributed by atoms with Gasteiger partial charge in [0, 0.05) is 31.9 Å². The van der Waals surface area contributed by atoms with Crippen molar-refractivity contribution >= 4 is 11.6 Å². The van der Waals surface area contributed by atoms with Crippen LogP contribution in [0.1, 0.15) is 20.3 Å². The lowest BCUT2D eigenvalue weighted by atomic mass is 10.2. The molecule has 0 spiro atoms. The second-order valence-electron chi connectivity index (χ2n) is 4.80. The minimum absolute atomic E-state index is 0.0572. The highest BCUT2D eigenvalue weighted by Crippen LogP contribution is 2.09. The Bertz CT molecular complexity index is 367. The van der Waals surface area contributed by atoms with Crippen LogP contribution in [0.2, 0.25) is 0 Å². The van der Waals surface area contributed by atoms with E-state index in [4.69, 9.17) is 0 Å². The first kappa shape index (κ1) is 15.5. The first-order valence-electron chi connectivity index (χ1n) is 6.89. The first-order chi connectivity index (χ1) is 9.13. The highest BCUT2D eigenvalue weighted by Gasteiger charge is 2.04. The molecule has 0 aromatic heterocycles. The van der Waals surface area contributed by atoms with E-state index in [0.29, 0.717) is 19.1 Å². The first-order valence-corrected chi connectivity index (χ1v) is 6.89. The lowest BCUT2D eigenvalue weighted by Crippen LogP contribution is -2.40. The molecule has 4 nitrogen and oxygen atoms in total. The number of rotatable bonds is 8. The van der Waals surface area contributed by atoms with Gasteiger partial charge < -0.3 is 15.5 Å². The van der Waals surface area contributed by atoms with Crippen LogP contribution in [0, 0.1) is 0 Å². The van der Waals surface area contributed by atoms with Crippen LogP contribution in [-0.2, 0) is 4.79 Å². The predicted molar refractivity (Wildman–Crippen MR) is 80.5 cm³/mol. The molecule has 0 saturated heterocycles. The summed E-state index contributed by atoms with van der Waals surface area (Å²) in [6.07, 6.45) is 1.03. The summed E-state index contributed by atoms with van der Waals surface area (Å²) in [6.45, 7) is 6.04. The molecule has 2 N–H and O–H groups in total. The van der Waals surface area contributed by atoms with E-state index in [-0.39, 0.29) is 5.91 Å². The predicted octanol–water partition coefficient (Wildman–Crippen LogP) is 1.63. The number of anilines is 1. The Morgan fingerprint density at radius 3 is 2.63 bits per heavy atom. The molecule has 0 aliphatic rings. The lowest BCUT2D eigenvalue weighted by molar-refractivity contribution is -0.120. The third-order valence-corrected chi connectivity index (χ3v) is 3.19. The molecule has 0 aliphatic carbocycles. The van der Waals surface area contributed by atoms with Gasteiger partial charge in [-0.3, -0.25) is 4.79 Å². The molecule has 19 heavy (non-hydrogen) atoms. The van der Waals surface area contributed by atoms with E-state index in [1.807, 2.05) is 25.2 Å². The SMILES string of the molecule is CCC(C)NCC(=O)NCCN(C)c1ccccc1. The molecule has 0 aliphatic heterocycles. The summed E-state index contributed by atoms with van der Waals surface area (Å²) < 4.78 is 0. The van der Waals surface area contributed by atoms with Crippen molar-refractivity contribution in [1.29, 1.82) is 0 Å². The van der Waals surface area contributed by atoms with Gasteiger partial charge in [-0.15, -0.1) is 0 Å². The molecule has 1 amide bonds. The average Bonchev–Trinajstić information content (AvgIpc) is 2.45. The number of likely N-dealkylation sites (N-methyl/N-ethyl adjacent to an activating group) is 1. The molecule has 1 rings (SSSR count). The molecule has 1 unspecified atom stereocenters. The van der Waals surface area contributed by atoms with Gasteiger partial charge in [0.25, 0.3) is 0 Å². The highest BCUT2D eigenvalue weighted by molar-refractivity contribution is 5.78. The fraction of sp³-hybridized carbons (Fsp3) is 0.533. The van der Waals surface area contributed by atoms with Crippen LogP contribution in [0.25, 0.3) is 0 Å². The number of amides is 1. The van der Waals surface area contributed by atoms with Gasteiger partial charge >= 0.3 is 0 Å². The van der Waals surface area contributed by atoms with Crippen molar-refractivity contribution in [2.24, 2.45) is 0 Å². The number of para-hydroxylation sites is 1. The quantitative estimate of drug-likeness (QED) is 0.749. The summed E-state index contributed by atoms with van der Waals surface area (Å²) in [7, 11) is 2.03. The second kappa shape index (κ2) is 8.53. The van der Waals surface area contributed by atoms with Gasteiger partial charge in [-0.1, -0.05) is 25.1 Å². The monoisotopic (exact) mass is 263 g/mol. The van der Waals surface area contributed by atoms with Gasteiger partial charge in [-0.05, 0) is 25.5 Å². The number of carbonyl (C=O) groups is 1. The van der Waals surface area contributed by atoms with Crippen LogP contribution < -0.4 is 15.5 Å². The molecule has 1 atom stereocenters. The zero-order chi connectivity index (χ0) is 14.1. The van der Waals surface area contributed by atoms with Crippen molar-refractivity contribution in [3.05, 3.63) is 30.3 Å². The maximum Gasteiger partial charge on any atom is 0.234 e. The Kier molecular flexibility index (Phi) is 6.97. The molecule has 0 heterocycles. The normalized spacial score (nSPS) is 11.9. The van der Waals surface area contributed by atoms with Gasteiger partial charge in [0.15, 0.2) is 0 Å². The minimum Gasteiger partial charge on any atom is -0.373 e. The molecule has 106 valence electrons. The van der Waals surface area contributed by atoms with Crippen LogP contribution in [-0.4, -0.2) is 38.6 Å². The van der Waals surface area contributed by atoms with Crippen molar-refractivity contribution in [3.8, 4) is 0 Å². The Balaban J connectivity index is 2.18. The molecule has 1 aromatic carbocycles. The van der Waals surface area contributed by atoms with Gasteiger partial charge in [0.2, 0.25) is 5.91 Å². The number of nitrogens with one attached hydrogen (secondary N) is 2. The molecular formula is C15H25N3O. The average molecular weight is 263 g/mol. The van der Waals surface area contributed by atoms with E-state index >= 15 is 0 Å². The molecule has 0 bridgehead atoms. The summed E-state index contributed by atoms with van der Waals surface area (Å²) >= 11 is 0. The van der Waals surface area contributed by atoms with E-state index < -0.39 is 0 Å².